The first-order valence-electron chi connectivity index (χ1n) is 8.25. The van der Waals surface area contributed by atoms with Crippen molar-refractivity contribution in [2.75, 3.05) is 21.2 Å². The second-order valence-corrected chi connectivity index (χ2v) is 6.45. The molecule has 0 aliphatic heterocycles. The Morgan fingerprint density at radius 2 is 1.83 bits per heavy atom. The number of hydrogen-bond donors (Lipinski definition) is 0. The summed E-state index contributed by atoms with van der Waals surface area (Å²) in [6, 6.07) is 17.6. The number of benzene rings is 2. The SMILES string of the molecule is COc1cccc(CC(C2=Cc3ccccc3CC2)N(C)C)c1.Cl. The lowest BCUT2D eigenvalue weighted by Crippen LogP contribution is -2.32. The molecule has 0 N–H and O–H groups in total. The molecule has 2 aromatic carbocycles. The third kappa shape index (κ3) is 4.19. The summed E-state index contributed by atoms with van der Waals surface area (Å²) in [6.45, 7) is 0. The largest absolute Gasteiger partial charge is 0.497 e. The van der Waals surface area contributed by atoms with Crippen LogP contribution >= 0.6 is 12.4 Å². The van der Waals surface area contributed by atoms with Gasteiger partial charge < -0.3 is 9.64 Å². The van der Waals surface area contributed by atoms with E-state index in [1.807, 2.05) is 6.07 Å². The zero-order valence-corrected chi connectivity index (χ0v) is 15.5. The van der Waals surface area contributed by atoms with E-state index in [2.05, 4.69) is 67.5 Å². The lowest BCUT2D eigenvalue weighted by molar-refractivity contribution is 0.322. The molecule has 3 heteroatoms. The van der Waals surface area contributed by atoms with E-state index >= 15 is 0 Å². The van der Waals surface area contributed by atoms with E-state index in [1.165, 1.54) is 22.3 Å². The molecule has 0 heterocycles. The Hall–Kier alpha value is -1.77. The summed E-state index contributed by atoms with van der Waals surface area (Å²) >= 11 is 0. The van der Waals surface area contributed by atoms with Crippen LogP contribution in [0.5, 0.6) is 5.75 Å². The Balaban J connectivity index is 0.00000208. The maximum Gasteiger partial charge on any atom is 0.119 e. The Morgan fingerprint density at radius 3 is 2.58 bits per heavy atom. The maximum absolute atomic E-state index is 5.36. The lowest BCUT2D eigenvalue weighted by Gasteiger charge is -2.30. The average Bonchev–Trinajstić information content (AvgIpc) is 2.59. The number of aryl methyl sites for hydroxylation is 1. The van der Waals surface area contributed by atoms with E-state index in [9.17, 15) is 0 Å². The van der Waals surface area contributed by atoms with Crippen LogP contribution in [-0.4, -0.2) is 32.1 Å². The van der Waals surface area contributed by atoms with Gasteiger partial charge in [0.1, 0.15) is 5.75 Å². The molecule has 0 bridgehead atoms. The summed E-state index contributed by atoms with van der Waals surface area (Å²) in [5.74, 6) is 0.933. The van der Waals surface area contributed by atoms with Gasteiger partial charge in [-0.15, -0.1) is 12.4 Å². The predicted molar refractivity (Wildman–Crippen MR) is 104 cm³/mol. The highest BCUT2D eigenvalue weighted by Gasteiger charge is 2.21. The standard InChI is InChI=1S/C21H25NO.ClH/c1-22(2)21(14-16-7-6-10-20(13-16)23-3)19-12-11-17-8-4-5-9-18(17)15-19;/h4-10,13,15,21H,11-12,14H2,1-3H3;1H. The van der Waals surface area contributed by atoms with Gasteiger partial charge in [-0.1, -0.05) is 48.0 Å². The molecule has 0 amide bonds. The molecule has 1 unspecified atom stereocenters. The molecule has 2 nitrogen and oxygen atoms in total. The van der Waals surface area contributed by atoms with E-state index in [-0.39, 0.29) is 12.4 Å². The molecule has 1 atom stereocenters. The van der Waals surface area contributed by atoms with Gasteiger partial charge in [0, 0.05) is 6.04 Å². The Bertz CT molecular complexity index is 708. The van der Waals surface area contributed by atoms with Crippen molar-refractivity contribution in [1.29, 1.82) is 0 Å². The predicted octanol–water partition coefficient (Wildman–Crippen LogP) is 4.62. The summed E-state index contributed by atoms with van der Waals surface area (Å²) in [5.41, 5.74) is 5.70. The zero-order valence-electron chi connectivity index (χ0n) is 14.7. The van der Waals surface area contributed by atoms with Gasteiger partial charge >= 0.3 is 0 Å². The fourth-order valence-corrected chi connectivity index (χ4v) is 3.38. The van der Waals surface area contributed by atoms with Crippen molar-refractivity contribution in [3.05, 3.63) is 70.8 Å². The van der Waals surface area contributed by atoms with Gasteiger partial charge in [-0.25, -0.2) is 0 Å². The average molecular weight is 344 g/mol. The van der Waals surface area contributed by atoms with Crippen molar-refractivity contribution in [2.24, 2.45) is 0 Å². The quantitative estimate of drug-likeness (QED) is 0.785. The third-order valence-electron chi connectivity index (χ3n) is 4.69. The monoisotopic (exact) mass is 343 g/mol. The van der Waals surface area contributed by atoms with Crippen LogP contribution in [0, 0.1) is 0 Å². The molecule has 0 saturated heterocycles. The van der Waals surface area contributed by atoms with Crippen molar-refractivity contribution in [3.63, 3.8) is 0 Å². The van der Waals surface area contributed by atoms with Crippen LogP contribution < -0.4 is 4.74 Å². The van der Waals surface area contributed by atoms with E-state index in [1.54, 1.807) is 7.11 Å². The van der Waals surface area contributed by atoms with Gasteiger partial charge in [0.2, 0.25) is 0 Å². The molecular weight excluding hydrogens is 318 g/mol. The summed E-state index contributed by atoms with van der Waals surface area (Å²) in [6.07, 6.45) is 5.69. The van der Waals surface area contributed by atoms with Gasteiger partial charge in [-0.2, -0.15) is 0 Å². The van der Waals surface area contributed by atoms with Crippen LogP contribution in [-0.2, 0) is 12.8 Å². The molecule has 3 rings (SSSR count). The maximum atomic E-state index is 5.36. The van der Waals surface area contributed by atoms with Crippen LogP contribution in [0.3, 0.4) is 0 Å². The number of halogens is 1. The van der Waals surface area contributed by atoms with Gasteiger partial charge in [-0.05, 0) is 62.2 Å². The van der Waals surface area contributed by atoms with Gasteiger partial charge in [0.15, 0.2) is 0 Å². The number of likely N-dealkylation sites (N-methyl/N-ethyl adjacent to an activating group) is 1. The highest BCUT2D eigenvalue weighted by atomic mass is 35.5. The van der Waals surface area contributed by atoms with E-state index in [4.69, 9.17) is 4.74 Å². The van der Waals surface area contributed by atoms with E-state index < -0.39 is 0 Å². The molecule has 0 fully saturated rings. The minimum absolute atomic E-state index is 0. The van der Waals surface area contributed by atoms with Crippen molar-refractivity contribution < 1.29 is 4.74 Å². The van der Waals surface area contributed by atoms with Crippen molar-refractivity contribution >= 4 is 18.5 Å². The number of fused-ring (bicyclic) bond motifs is 1. The second-order valence-electron chi connectivity index (χ2n) is 6.45. The number of methoxy groups -OCH3 is 1. The number of hydrogen-bond acceptors (Lipinski definition) is 2. The highest BCUT2D eigenvalue weighted by Crippen LogP contribution is 2.29. The van der Waals surface area contributed by atoms with Crippen molar-refractivity contribution in [2.45, 2.75) is 25.3 Å². The first kappa shape index (κ1) is 18.6. The normalized spacial score (nSPS) is 14.4. The first-order valence-corrected chi connectivity index (χ1v) is 8.25. The van der Waals surface area contributed by atoms with Gasteiger partial charge in [0.05, 0.1) is 7.11 Å². The molecule has 1 aliphatic rings. The Morgan fingerprint density at radius 1 is 1.04 bits per heavy atom. The number of nitrogens with zero attached hydrogens (tertiary/aromatic N) is 1. The topological polar surface area (TPSA) is 12.5 Å². The smallest absolute Gasteiger partial charge is 0.119 e. The second kappa shape index (κ2) is 8.36. The molecule has 0 saturated carbocycles. The van der Waals surface area contributed by atoms with Crippen molar-refractivity contribution in [1.82, 2.24) is 4.90 Å². The van der Waals surface area contributed by atoms with Gasteiger partial charge in [-0.3, -0.25) is 0 Å². The third-order valence-corrected chi connectivity index (χ3v) is 4.69. The van der Waals surface area contributed by atoms with Crippen molar-refractivity contribution in [3.8, 4) is 5.75 Å². The molecule has 2 aromatic rings. The first-order chi connectivity index (χ1) is 11.2. The lowest BCUT2D eigenvalue weighted by atomic mass is 9.86. The van der Waals surface area contributed by atoms with Crippen LogP contribution in [0.1, 0.15) is 23.1 Å². The molecule has 0 radical (unpaired) electrons. The number of ether oxygens (including phenoxy) is 1. The zero-order chi connectivity index (χ0) is 16.2. The summed E-state index contributed by atoms with van der Waals surface area (Å²) < 4.78 is 5.36. The van der Waals surface area contributed by atoms with Gasteiger partial charge in [0.25, 0.3) is 0 Å². The minimum Gasteiger partial charge on any atom is -0.497 e. The Labute approximate surface area is 151 Å². The summed E-state index contributed by atoms with van der Waals surface area (Å²) in [5, 5.41) is 0. The molecule has 128 valence electrons. The van der Waals surface area contributed by atoms with E-state index in [0.29, 0.717) is 6.04 Å². The van der Waals surface area contributed by atoms with Crippen LogP contribution in [0.25, 0.3) is 6.08 Å². The van der Waals surface area contributed by atoms with Crippen LogP contribution in [0.2, 0.25) is 0 Å². The van der Waals surface area contributed by atoms with Crippen LogP contribution in [0.4, 0.5) is 0 Å². The highest BCUT2D eigenvalue weighted by molar-refractivity contribution is 5.85. The summed E-state index contributed by atoms with van der Waals surface area (Å²) in [4.78, 5) is 2.33. The molecule has 24 heavy (non-hydrogen) atoms. The fourth-order valence-electron chi connectivity index (χ4n) is 3.38. The Kier molecular flexibility index (Phi) is 6.47. The van der Waals surface area contributed by atoms with Crippen LogP contribution in [0.15, 0.2) is 54.1 Å². The molecule has 0 spiro atoms. The number of rotatable bonds is 5. The molecule has 1 aliphatic carbocycles. The minimum atomic E-state index is 0. The summed E-state index contributed by atoms with van der Waals surface area (Å²) in [7, 11) is 6.07. The fraction of sp³-hybridized carbons (Fsp3) is 0.333. The molecular formula is C21H26ClNO. The van der Waals surface area contributed by atoms with E-state index in [0.717, 1.165) is 25.0 Å². The molecule has 0 aromatic heterocycles.